The molecular weight excluding hydrogens is 1280 g/mol. The fourth-order valence-electron chi connectivity index (χ4n) is 11.0. The molecule has 12 rings (SSSR count). The molecule has 0 saturated heterocycles. The number of carbonyl (C=O) groups is 3. The summed E-state index contributed by atoms with van der Waals surface area (Å²) in [5.41, 5.74) is 8.08. The zero-order chi connectivity index (χ0) is 62.2. The normalized spacial score (nSPS) is 13.0. The van der Waals surface area contributed by atoms with Gasteiger partial charge in [0, 0.05) is 79.1 Å². The number of carboxylic acids is 1. The molecule has 90 heavy (non-hydrogen) atoms. The summed E-state index contributed by atoms with van der Waals surface area (Å²) in [6.45, 7) is 3.92. The Morgan fingerprint density at radius 2 is 0.844 bits per heavy atom. The summed E-state index contributed by atoms with van der Waals surface area (Å²) in [6.07, 6.45) is 6.59. The van der Waals surface area contributed by atoms with Crippen molar-refractivity contribution in [3.8, 4) is 0 Å². The molecule has 6 N–H and O–H groups in total. The van der Waals surface area contributed by atoms with E-state index in [-0.39, 0.29) is 90.9 Å². The van der Waals surface area contributed by atoms with Crippen LogP contribution in [0.4, 0.5) is 17.1 Å². The van der Waals surface area contributed by atoms with Crippen LogP contribution in [0.25, 0.3) is 65.4 Å². The van der Waals surface area contributed by atoms with Crippen molar-refractivity contribution in [2.45, 2.75) is 97.1 Å². The van der Waals surface area contributed by atoms with Gasteiger partial charge >= 0.3 is 43.9 Å². The van der Waals surface area contributed by atoms with Gasteiger partial charge in [0.2, 0.25) is 0 Å². The number of nitrogens with zero attached hydrogens (tertiary/aromatic N) is 6. The average molecular weight is 1350 g/mol. The van der Waals surface area contributed by atoms with E-state index >= 15 is 0 Å². The number of benzene rings is 6. The van der Waals surface area contributed by atoms with Crippen LogP contribution in [0.15, 0.2) is 110 Å². The Bertz CT molecular complexity index is 4360. The van der Waals surface area contributed by atoms with E-state index in [0.717, 1.165) is 59.8 Å². The third-order valence-electron chi connectivity index (χ3n) is 15.4. The smallest absolute Gasteiger partial charge is 0.870 e. The number of halogens is 4. The first-order valence-electron chi connectivity index (χ1n) is 28.4. The number of ether oxygens (including phenoxy) is 2. The Morgan fingerprint density at radius 3 is 1.12 bits per heavy atom. The molecule has 0 amide bonds. The minimum Gasteiger partial charge on any atom is -0.870 e. The van der Waals surface area contributed by atoms with Crippen molar-refractivity contribution in [2.24, 2.45) is 0 Å². The van der Waals surface area contributed by atoms with Crippen LogP contribution in [0, 0.1) is 0 Å². The van der Waals surface area contributed by atoms with E-state index in [2.05, 4.69) is 15.9 Å². The van der Waals surface area contributed by atoms with Gasteiger partial charge in [-0.2, -0.15) is 0 Å². The van der Waals surface area contributed by atoms with E-state index in [4.69, 9.17) is 54.3 Å². The fourth-order valence-corrected chi connectivity index (χ4v) is 12.3. The number of aromatic nitrogens is 3. The van der Waals surface area contributed by atoms with E-state index < -0.39 is 13.1 Å². The number of esters is 2. The second-order valence-corrected chi connectivity index (χ2v) is 24.5. The van der Waals surface area contributed by atoms with E-state index in [0.29, 0.717) is 111 Å². The number of pyridine rings is 3. The fraction of sp³-hybridized carbons (Fsp3) is 0.354. The first-order valence-corrected chi connectivity index (χ1v) is 30.3. The Hall–Kier alpha value is -6.61. The number of aliphatic carboxylic acids is 1. The number of hydrogen-bond donors (Lipinski definition) is 3. The summed E-state index contributed by atoms with van der Waals surface area (Å²) >= 11 is 22.8. The van der Waals surface area contributed by atoms with Gasteiger partial charge in [-0.1, -0.05) is 83.1 Å². The first-order chi connectivity index (χ1) is 40.9. The number of hydrogen-bond acceptors (Lipinski definition) is 14. The zero-order valence-electron chi connectivity index (χ0n) is 51.0. The van der Waals surface area contributed by atoms with E-state index in [1.165, 1.54) is 5.56 Å². The summed E-state index contributed by atoms with van der Waals surface area (Å²) in [6, 6.07) is 27.4. The van der Waals surface area contributed by atoms with Gasteiger partial charge in [0.15, 0.2) is 16.3 Å². The molecule has 3 fully saturated rings. The van der Waals surface area contributed by atoms with Crippen LogP contribution in [0.1, 0.15) is 82.8 Å². The van der Waals surface area contributed by atoms with Gasteiger partial charge < -0.3 is 64.0 Å². The summed E-state index contributed by atoms with van der Waals surface area (Å²) in [5.74, 6) is -0.406. The molecule has 0 bridgehead atoms. The summed E-state index contributed by atoms with van der Waals surface area (Å²) < 4.78 is 16.6. The monoisotopic (exact) mass is 1350 g/mol. The van der Waals surface area contributed by atoms with Crippen LogP contribution < -0.4 is 49.8 Å². The topological polar surface area (TPSA) is 268 Å². The van der Waals surface area contributed by atoms with Crippen LogP contribution >= 0.6 is 50.7 Å². The zero-order valence-corrected chi connectivity index (χ0v) is 54.9. The number of anilines is 3. The molecule has 3 aliphatic carbocycles. The van der Waals surface area contributed by atoms with Crippen molar-refractivity contribution in [1.29, 1.82) is 0 Å². The Kier molecular flexibility index (Phi) is 25.6. The SMILES string of the molecule is C.CCOC(=O)Cn1c2cc(Br)ccc2c(=O)c2ccc(Cl)c(N(C)C)c21.CCOC(=O)Cn1c2cc(C3CC3)ccc2c(=O)c2ccc(Cl)c(N(C)C)c21.CN(C)c1c(Cl)ccc2c(=O)c3ccc(C4CC4)cc3n(CC(=O)O)c12.O.OB(O)C1CC1.[Li+].[OH-]. The maximum Gasteiger partial charge on any atom is 1.00 e. The van der Waals surface area contributed by atoms with Gasteiger partial charge in [-0.3, -0.25) is 28.8 Å². The van der Waals surface area contributed by atoms with Crippen LogP contribution in [0.3, 0.4) is 0 Å². The third kappa shape index (κ3) is 15.8. The van der Waals surface area contributed by atoms with Gasteiger partial charge in [0.25, 0.3) is 0 Å². The van der Waals surface area contributed by atoms with Crippen molar-refractivity contribution >= 4 is 158 Å². The van der Waals surface area contributed by atoms with Gasteiger partial charge in [-0.05, 0) is 147 Å². The molecule has 0 radical (unpaired) electrons. The molecule has 3 heterocycles. The summed E-state index contributed by atoms with van der Waals surface area (Å²) in [4.78, 5) is 81.2. The number of fused-ring (bicyclic) bond motifs is 6. The predicted molar refractivity (Wildman–Crippen MR) is 363 cm³/mol. The number of rotatable bonds is 14. The molecule has 6 aromatic carbocycles. The third-order valence-corrected chi connectivity index (χ3v) is 16.8. The average Bonchev–Trinajstić information content (AvgIpc) is 1.41. The predicted octanol–water partition coefficient (Wildman–Crippen LogP) is 8.61. The van der Waals surface area contributed by atoms with Gasteiger partial charge in [-0.25, -0.2) is 0 Å². The molecule has 25 heteroatoms. The van der Waals surface area contributed by atoms with Crippen molar-refractivity contribution in [1.82, 2.24) is 13.7 Å². The summed E-state index contributed by atoms with van der Waals surface area (Å²) in [7, 11) is 10.1. The van der Waals surface area contributed by atoms with Crippen molar-refractivity contribution in [3.63, 3.8) is 0 Å². The van der Waals surface area contributed by atoms with Crippen molar-refractivity contribution in [2.75, 3.05) is 70.2 Å². The largest absolute Gasteiger partial charge is 1.00 e. The van der Waals surface area contributed by atoms with Crippen molar-refractivity contribution in [3.05, 3.63) is 152 Å². The maximum absolute atomic E-state index is 13.2. The van der Waals surface area contributed by atoms with Gasteiger partial charge in [0.1, 0.15) is 19.6 Å². The molecule has 474 valence electrons. The Balaban J connectivity index is 0.000000229. The van der Waals surface area contributed by atoms with Crippen LogP contribution in [0.2, 0.25) is 20.9 Å². The standard InChI is InChI=1S/C22H23ClN2O3.C20H19ClN2O3.C19H18BrClN2O3.C3H7BO2.CH4.Li.2H2O/c1-4-28-19(26)12-25-18-11-14(13-5-6-13)7-8-15(18)22(27)16-9-10-17(23)21(20(16)25)24(2)3;1-22(2)19-15(21)8-7-14-18(19)23(10-17(24)25)16-9-12(11-3-4-11)5-6-13(16)20(14)26;1-4-26-16(24)10-23-15-9-11(20)5-6-12(15)19(25)13-7-8-14(21)18(17(13)23)22(2)3;5-4(6)3-1-2-3;;;;/h7-11,13H,4-6,12H2,1-3H3;5-9,11H,3-4,10H2,1-2H3,(H,24,25);5-9H,4,10H2,1-3H3;3,5-6H,1-2H2;1H4;;2*1H2/q;;;;;+1;;/p-1. The molecule has 0 aliphatic heterocycles. The molecule has 0 atom stereocenters. The number of carbonyl (C=O) groups excluding carboxylic acids is 2. The van der Waals surface area contributed by atoms with Crippen LogP contribution in [0.5, 0.6) is 0 Å². The van der Waals surface area contributed by atoms with E-state index in [9.17, 15) is 33.9 Å². The van der Waals surface area contributed by atoms with E-state index in [1.807, 2.05) is 110 Å². The van der Waals surface area contributed by atoms with Crippen LogP contribution in [-0.4, -0.2) is 120 Å². The van der Waals surface area contributed by atoms with Crippen LogP contribution in [-0.2, 0) is 43.5 Å². The minimum absolute atomic E-state index is 0. The molecule has 19 nitrogen and oxygen atoms in total. The molecule has 0 spiro atoms. The first kappa shape index (κ1) is 74.1. The molecule has 3 aromatic heterocycles. The number of carboxylic acid groups (broad SMARTS) is 1. The second-order valence-electron chi connectivity index (χ2n) is 22.3. The summed E-state index contributed by atoms with van der Waals surface area (Å²) in [5, 5.41) is 30.7. The minimum atomic E-state index is -1.04. The molecule has 3 aliphatic rings. The quantitative estimate of drug-likeness (QED) is 0.0522. The van der Waals surface area contributed by atoms with Crippen molar-refractivity contribution < 1.29 is 68.8 Å². The Labute approximate surface area is 556 Å². The molecular formula is C65H74BBrCl3LiN6O13. The second kappa shape index (κ2) is 31.1. The van der Waals surface area contributed by atoms with Gasteiger partial charge in [-0.15, -0.1) is 0 Å². The van der Waals surface area contributed by atoms with E-state index in [1.54, 1.807) is 65.4 Å². The van der Waals surface area contributed by atoms with Gasteiger partial charge in [0.05, 0.1) is 78.4 Å². The Morgan fingerprint density at radius 1 is 0.533 bits per heavy atom. The molecule has 0 unspecified atom stereocenters. The maximum atomic E-state index is 13.2. The molecule has 3 saturated carbocycles. The molecule has 9 aromatic rings.